The van der Waals surface area contributed by atoms with E-state index in [1.807, 2.05) is 0 Å². The average Bonchev–Trinajstić information content (AvgIpc) is 2.51. The Kier molecular flexibility index (Phi) is 2.23. The van der Waals surface area contributed by atoms with E-state index in [2.05, 4.69) is 0 Å². The number of hydrogen-bond donors (Lipinski definition) is 0. The van der Waals surface area contributed by atoms with Crippen LogP contribution in [-0.4, -0.2) is 17.6 Å². The van der Waals surface area contributed by atoms with Crippen molar-refractivity contribution in [2.45, 2.75) is 5.92 Å². The monoisotopic (exact) mass is 243 g/mol. The number of carbonyl (C=O) groups is 1. The van der Waals surface area contributed by atoms with Crippen LogP contribution in [-0.2, 0) is 5.92 Å². The highest BCUT2D eigenvalue weighted by Crippen LogP contribution is 2.44. The van der Waals surface area contributed by atoms with Gasteiger partial charge < -0.3 is 14.8 Å². The van der Waals surface area contributed by atoms with Gasteiger partial charge in [0.2, 0.25) is 0 Å². The van der Waals surface area contributed by atoms with Crippen molar-refractivity contribution in [3.8, 4) is 0 Å². The Hall–Kier alpha value is -2.25. The fourth-order valence-electron chi connectivity index (χ4n) is 1.70. The number of nitrogens with zero attached hydrogens (tertiary/aromatic N) is 2. The van der Waals surface area contributed by atoms with E-state index in [0.717, 1.165) is 12.1 Å². The maximum atomic E-state index is 13.4. The van der Waals surface area contributed by atoms with Crippen LogP contribution in [0.1, 0.15) is 5.56 Å². The molecule has 1 aliphatic rings. The first-order chi connectivity index (χ1) is 7.83. The van der Waals surface area contributed by atoms with Crippen LogP contribution in [0.4, 0.5) is 25.0 Å². The molecule has 1 aromatic rings. The molecule has 0 fully saturated rings. The molecule has 1 heterocycles. The number of anilines is 1. The molecule has 1 amide bonds. The predicted octanol–water partition coefficient (Wildman–Crippen LogP) is 0.850. The molecule has 0 saturated heterocycles. The van der Waals surface area contributed by atoms with Crippen LogP contribution in [0.2, 0.25) is 0 Å². The minimum atomic E-state index is -3.44. The third kappa shape index (κ3) is 1.67. The first-order valence-electron chi connectivity index (χ1n) is 4.48. The van der Waals surface area contributed by atoms with Gasteiger partial charge in [0.25, 0.3) is 11.6 Å². The predicted molar refractivity (Wildman–Crippen MR) is 49.7 cm³/mol. The number of alkyl halides is 2. The normalized spacial score (nSPS) is 16.7. The van der Waals surface area contributed by atoms with Gasteiger partial charge in [-0.3, -0.25) is 10.1 Å². The average molecular weight is 243 g/mol. The van der Waals surface area contributed by atoms with Crippen LogP contribution in [0, 0.1) is 10.1 Å². The molecule has 1 aliphatic heterocycles. The molecule has 0 unspecified atom stereocenters. The highest BCUT2D eigenvalue weighted by Gasteiger charge is 2.45. The van der Waals surface area contributed by atoms with Gasteiger partial charge >= 0.3 is 0 Å². The number of fused-ring (bicyclic) bond motifs is 1. The number of nitro benzene ring substituents is 1. The Bertz CT molecular complexity index is 518. The first kappa shape index (κ1) is 11.2. The van der Waals surface area contributed by atoms with E-state index in [1.165, 1.54) is 0 Å². The van der Waals surface area contributed by atoms with Crippen molar-refractivity contribution in [1.82, 2.24) is 0 Å². The van der Waals surface area contributed by atoms with Gasteiger partial charge in [0.05, 0.1) is 22.7 Å². The summed E-state index contributed by atoms with van der Waals surface area (Å²) >= 11 is 0. The molecule has 90 valence electrons. The van der Waals surface area contributed by atoms with Gasteiger partial charge in [-0.15, -0.1) is 0 Å². The van der Waals surface area contributed by atoms with Crippen LogP contribution >= 0.6 is 0 Å². The van der Waals surface area contributed by atoms with Crippen LogP contribution in [0.15, 0.2) is 18.2 Å². The lowest BCUT2D eigenvalue weighted by Crippen LogP contribution is -2.42. The molecule has 0 radical (unpaired) electrons. The summed E-state index contributed by atoms with van der Waals surface area (Å²) in [4.78, 5) is 20.6. The second-order valence-corrected chi connectivity index (χ2v) is 3.52. The number of carboxylic acid groups (broad SMARTS) is 1. The van der Waals surface area contributed by atoms with Crippen LogP contribution in [0.5, 0.6) is 0 Å². The SMILES string of the molecule is O=C([O-])N1CC(F)(F)c2cc([N+](=O)[O-])ccc21. The maximum absolute atomic E-state index is 13.4. The Morgan fingerprint density at radius 3 is 2.65 bits per heavy atom. The van der Waals surface area contributed by atoms with Crippen molar-refractivity contribution in [1.29, 1.82) is 0 Å². The van der Waals surface area contributed by atoms with Crippen LogP contribution < -0.4 is 10.0 Å². The summed E-state index contributed by atoms with van der Waals surface area (Å²) < 4.78 is 26.9. The van der Waals surface area contributed by atoms with Crippen LogP contribution in [0.3, 0.4) is 0 Å². The lowest BCUT2D eigenvalue weighted by Gasteiger charge is -2.19. The largest absolute Gasteiger partial charge is 0.530 e. The smallest absolute Gasteiger partial charge is 0.293 e. The quantitative estimate of drug-likeness (QED) is 0.540. The molecule has 2 rings (SSSR count). The molecule has 0 aromatic heterocycles. The summed E-state index contributed by atoms with van der Waals surface area (Å²) in [7, 11) is 0. The topological polar surface area (TPSA) is 86.5 Å². The second-order valence-electron chi connectivity index (χ2n) is 3.52. The number of non-ortho nitro benzene ring substituents is 1. The Morgan fingerprint density at radius 2 is 2.12 bits per heavy atom. The number of nitro groups is 1. The maximum Gasteiger partial charge on any atom is 0.293 e. The van der Waals surface area contributed by atoms with Crippen molar-refractivity contribution >= 4 is 17.5 Å². The zero-order valence-corrected chi connectivity index (χ0v) is 8.22. The lowest BCUT2D eigenvalue weighted by molar-refractivity contribution is -0.385. The van der Waals surface area contributed by atoms with Crippen molar-refractivity contribution in [3.63, 3.8) is 0 Å². The summed E-state index contributed by atoms with van der Waals surface area (Å²) in [5.74, 6) is -3.44. The summed E-state index contributed by atoms with van der Waals surface area (Å²) in [6.07, 6.45) is -1.77. The molecular formula is C9H5F2N2O4-. The molecule has 17 heavy (non-hydrogen) atoms. The number of hydrogen-bond acceptors (Lipinski definition) is 4. The van der Waals surface area contributed by atoms with Crippen molar-refractivity contribution < 1.29 is 23.6 Å². The third-order valence-electron chi connectivity index (χ3n) is 2.45. The number of rotatable bonds is 1. The molecule has 6 nitrogen and oxygen atoms in total. The first-order valence-corrected chi connectivity index (χ1v) is 4.48. The van der Waals surface area contributed by atoms with E-state index >= 15 is 0 Å². The van der Waals surface area contributed by atoms with Gasteiger partial charge in [-0.2, -0.15) is 8.78 Å². The Balaban J connectivity index is 2.57. The fourth-order valence-corrected chi connectivity index (χ4v) is 1.70. The van der Waals surface area contributed by atoms with Crippen LogP contribution in [0.25, 0.3) is 0 Å². The van der Waals surface area contributed by atoms with Gasteiger partial charge in [0, 0.05) is 12.1 Å². The number of carbonyl (C=O) groups excluding carboxylic acids is 1. The zero-order chi connectivity index (χ0) is 12.8. The number of amides is 1. The highest BCUT2D eigenvalue weighted by molar-refractivity contribution is 5.88. The van der Waals surface area contributed by atoms with Gasteiger partial charge in [0.1, 0.15) is 6.09 Å². The van der Waals surface area contributed by atoms with E-state index in [-0.39, 0.29) is 5.69 Å². The second kappa shape index (κ2) is 3.37. The van der Waals surface area contributed by atoms with Gasteiger partial charge in [-0.1, -0.05) is 0 Å². The van der Waals surface area contributed by atoms with Gasteiger partial charge in [-0.05, 0) is 6.07 Å². The molecule has 0 N–H and O–H groups in total. The summed E-state index contributed by atoms with van der Waals surface area (Å²) in [6, 6.07) is 2.62. The van der Waals surface area contributed by atoms with E-state index in [4.69, 9.17) is 0 Å². The minimum Gasteiger partial charge on any atom is -0.530 e. The Morgan fingerprint density at radius 1 is 1.47 bits per heavy atom. The lowest BCUT2D eigenvalue weighted by atomic mass is 10.1. The van der Waals surface area contributed by atoms with Crippen molar-refractivity contribution in [3.05, 3.63) is 33.9 Å². The minimum absolute atomic E-state index is 0.277. The van der Waals surface area contributed by atoms with E-state index in [9.17, 15) is 28.8 Å². The van der Waals surface area contributed by atoms with E-state index < -0.39 is 34.7 Å². The Labute approximate surface area is 93.2 Å². The molecule has 1 aromatic carbocycles. The number of halogens is 2. The van der Waals surface area contributed by atoms with Gasteiger partial charge in [-0.25, -0.2) is 0 Å². The zero-order valence-electron chi connectivity index (χ0n) is 8.22. The van der Waals surface area contributed by atoms with E-state index in [0.29, 0.717) is 11.0 Å². The standard InChI is InChI=1S/C9H6F2N2O4/c10-9(11)4-12(8(14)15)7-2-1-5(13(16)17)3-6(7)9/h1-3H,4H2,(H,14,15)/p-1. The fraction of sp³-hybridized carbons (Fsp3) is 0.222. The van der Waals surface area contributed by atoms with Crippen molar-refractivity contribution in [2.24, 2.45) is 0 Å². The molecule has 0 aliphatic carbocycles. The van der Waals surface area contributed by atoms with E-state index in [1.54, 1.807) is 0 Å². The summed E-state index contributed by atoms with van der Waals surface area (Å²) in [5.41, 5.74) is -1.46. The molecule has 0 spiro atoms. The summed E-state index contributed by atoms with van der Waals surface area (Å²) in [5, 5.41) is 21.1. The molecule has 0 bridgehead atoms. The van der Waals surface area contributed by atoms with Gasteiger partial charge in [0.15, 0.2) is 0 Å². The van der Waals surface area contributed by atoms with Crippen molar-refractivity contribution in [2.75, 3.05) is 11.4 Å². The molecular weight excluding hydrogens is 238 g/mol. The third-order valence-corrected chi connectivity index (χ3v) is 2.45. The molecule has 0 atom stereocenters. The highest BCUT2D eigenvalue weighted by atomic mass is 19.3. The molecule has 0 saturated carbocycles. The summed E-state index contributed by atoms with van der Waals surface area (Å²) in [6.45, 7) is -1.08. The molecule has 8 heteroatoms. The number of benzene rings is 1.